The maximum absolute atomic E-state index is 13.8. The summed E-state index contributed by atoms with van der Waals surface area (Å²) in [6.07, 6.45) is 3.16. The lowest BCUT2D eigenvalue weighted by Crippen LogP contribution is -2.41. The Labute approximate surface area is 238 Å². The minimum Gasteiger partial charge on any atom is -0.497 e. The van der Waals surface area contributed by atoms with Crippen LogP contribution < -0.4 is 10.1 Å². The minimum atomic E-state index is -0.658. The fourth-order valence-electron chi connectivity index (χ4n) is 4.82. The summed E-state index contributed by atoms with van der Waals surface area (Å²) in [6, 6.07) is 10.3. The molecule has 4 rings (SSSR count). The van der Waals surface area contributed by atoms with Crippen LogP contribution in [0.3, 0.4) is 0 Å². The first-order valence-corrected chi connectivity index (χ1v) is 13.3. The molecule has 2 aromatic carbocycles. The highest BCUT2D eigenvalue weighted by molar-refractivity contribution is 6.30. The summed E-state index contributed by atoms with van der Waals surface area (Å²) in [4.78, 5) is 48.3. The number of nitrogens with zero attached hydrogens (tertiary/aromatic N) is 2. The number of Topliss-reactive ketones (excluding diaryl/α,β-unsaturated/α-hetero) is 1. The molecule has 0 aliphatic heterocycles. The molecule has 0 radical (unpaired) electrons. The van der Waals surface area contributed by atoms with Gasteiger partial charge in [-0.2, -0.15) is 0 Å². The molecule has 3 aromatic rings. The van der Waals surface area contributed by atoms with E-state index in [0.29, 0.717) is 33.3 Å². The second-order valence-electron chi connectivity index (χ2n) is 10.9. The van der Waals surface area contributed by atoms with Crippen molar-refractivity contribution in [3.8, 4) is 17.1 Å². The Morgan fingerprint density at radius 3 is 2.20 bits per heavy atom. The van der Waals surface area contributed by atoms with Crippen LogP contribution in [0.5, 0.6) is 5.75 Å². The van der Waals surface area contributed by atoms with E-state index in [2.05, 4.69) is 15.3 Å². The van der Waals surface area contributed by atoms with Gasteiger partial charge in [0.25, 0.3) is 0 Å². The molecule has 208 valence electrons. The summed E-state index contributed by atoms with van der Waals surface area (Å²) in [5.41, 5.74) is 3.19. The molecule has 0 saturated heterocycles. The first-order chi connectivity index (χ1) is 18.9. The normalized spacial score (nSPS) is 15.3. The van der Waals surface area contributed by atoms with Gasteiger partial charge < -0.3 is 14.8 Å². The molecule has 1 atom stereocenters. The minimum absolute atomic E-state index is 0.0159. The van der Waals surface area contributed by atoms with Gasteiger partial charge >= 0.3 is 5.97 Å². The second kappa shape index (κ2) is 11.6. The number of allylic oxidation sites excluding steroid dienone is 2. The van der Waals surface area contributed by atoms with Crippen LogP contribution in [0.2, 0.25) is 5.02 Å². The number of benzene rings is 2. The Kier molecular flexibility index (Phi) is 8.40. The van der Waals surface area contributed by atoms with Crippen LogP contribution in [0.25, 0.3) is 17.0 Å². The van der Waals surface area contributed by atoms with E-state index in [4.69, 9.17) is 21.1 Å². The van der Waals surface area contributed by atoms with Crippen molar-refractivity contribution in [3.63, 3.8) is 0 Å². The molecule has 1 unspecified atom stereocenters. The second-order valence-corrected chi connectivity index (χ2v) is 11.3. The molecule has 1 N–H and O–H groups in total. The lowest BCUT2D eigenvalue weighted by molar-refractivity contribution is -0.127. The Bertz CT molecular complexity index is 1470. The molecule has 1 aliphatic carbocycles. The van der Waals surface area contributed by atoms with Crippen LogP contribution in [0, 0.1) is 19.8 Å². The fourth-order valence-corrected chi connectivity index (χ4v) is 4.92. The maximum Gasteiger partial charge on any atom is 0.343 e. The van der Waals surface area contributed by atoms with Crippen LogP contribution in [0.4, 0.5) is 0 Å². The Balaban J connectivity index is 1.72. The molecule has 0 saturated carbocycles. The number of ether oxygens (including phenoxy) is 2. The highest BCUT2D eigenvalue weighted by Crippen LogP contribution is 2.41. The van der Waals surface area contributed by atoms with Crippen molar-refractivity contribution in [2.75, 3.05) is 7.11 Å². The summed E-state index contributed by atoms with van der Waals surface area (Å²) in [6.45, 7) is 9.40. The molecule has 0 spiro atoms. The van der Waals surface area contributed by atoms with Crippen LogP contribution in [-0.2, 0) is 14.3 Å². The number of hydrogen-bond donors (Lipinski definition) is 1. The van der Waals surface area contributed by atoms with E-state index in [0.717, 1.165) is 16.7 Å². The number of hydrogen-bond acceptors (Lipinski definition) is 7. The summed E-state index contributed by atoms with van der Waals surface area (Å²) in [5.74, 6) is -0.371. The topological polar surface area (TPSA) is 107 Å². The van der Waals surface area contributed by atoms with Gasteiger partial charge in [-0.3, -0.25) is 9.59 Å². The van der Waals surface area contributed by atoms with Gasteiger partial charge in [-0.15, -0.1) is 0 Å². The number of amides is 1. The predicted octanol–water partition coefficient (Wildman–Crippen LogP) is 5.88. The Morgan fingerprint density at radius 2 is 1.65 bits per heavy atom. The summed E-state index contributed by atoms with van der Waals surface area (Å²) < 4.78 is 11.0. The standard InChI is InChI=1S/C31H32ClN3O5/c1-17-11-21(29-33-15-22(32)16-34-29)12-18(2)26(17)27-24(40-30(38)19-7-9-23(39-6)10-8-19)13-20(28(27)37)14-25(36)35-31(3,4)5/h7-12,15-16,20H,13-14H2,1-6H3,(H,35,36). The third kappa shape index (κ3) is 6.57. The molecule has 8 nitrogen and oxygen atoms in total. The molecular formula is C31H32ClN3O5. The first-order valence-electron chi connectivity index (χ1n) is 12.9. The maximum atomic E-state index is 13.8. The van der Waals surface area contributed by atoms with E-state index < -0.39 is 17.4 Å². The van der Waals surface area contributed by atoms with Crippen molar-refractivity contribution in [3.05, 3.63) is 81.8 Å². The molecule has 1 aliphatic rings. The zero-order chi connectivity index (χ0) is 29.2. The average Bonchev–Trinajstić information content (AvgIpc) is 3.16. The van der Waals surface area contributed by atoms with Gasteiger partial charge in [-0.25, -0.2) is 14.8 Å². The van der Waals surface area contributed by atoms with Crippen LogP contribution in [0.1, 0.15) is 60.7 Å². The zero-order valence-corrected chi connectivity index (χ0v) is 24.2. The summed E-state index contributed by atoms with van der Waals surface area (Å²) in [5, 5.41) is 3.34. The van der Waals surface area contributed by atoms with Crippen molar-refractivity contribution in [1.82, 2.24) is 15.3 Å². The van der Waals surface area contributed by atoms with E-state index in [1.165, 1.54) is 12.4 Å². The van der Waals surface area contributed by atoms with Gasteiger partial charge in [0.05, 0.1) is 23.3 Å². The first kappa shape index (κ1) is 29.0. The number of carbonyl (C=O) groups excluding carboxylic acids is 3. The van der Waals surface area contributed by atoms with Crippen molar-refractivity contribution >= 4 is 34.8 Å². The highest BCUT2D eigenvalue weighted by atomic mass is 35.5. The molecule has 0 bridgehead atoms. The average molecular weight is 562 g/mol. The van der Waals surface area contributed by atoms with Crippen molar-refractivity contribution in [2.24, 2.45) is 5.92 Å². The third-order valence-electron chi connectivity index (χ3n) is 6.48. The molecule has 40 heavy (non-hydrogen) atoms. The van der Waals surface area contributed by atoms with Gasteiger partial charge in [0.2, 0.25) is 5.91 Å². The number of esters is 1. The Hall–Kier alpha value is -4.04. The van der Waals surface area contributed by atoms with Gasteiger partial charge in [-0.1, -0.05) is 11.6 Å². The van der Waals surface area contributed by atoms with Gasteiger partial charge in [0.1, 0.15) is 11.5 Å². The van der Waals surface area contributed by atoms with Crippen LogP contribution in [-0.4, -0.2) is 40.3 Å². The van der Waals surface area contributed by atoms with Gasteiger partial charge in [0, 0.05) is 42.3 Å². The summed E-state index contributed by atoms with van der Waals surface area (Å²) >= 11 is 5.95. The van der Waals surface area contributed by atoms with E-state index in [-0.39, 0.29) is 30.3 Å². The molecule has 1 aromatic heterocycles. The molecule has 0 fully saturated rings. The van der Waals surface area contributed by atoms with Gasteiger partial charge in [-0.05, 0) is 87.7 Å². The van der Waals surface area contributed by atoms with Crippen molar-refractivity contribution in [2.45, 2.75) is 53.0 Å². The number of nitrogens with one attached hydrogen (secondary N) is 1. The lowest BCUT2D eigenvalue weighted by atomic mass is 9.89. The number of aromatic nitrogens is 2. The largest absolute Gasteiger partial charge is 0.497 e. The smallest absolute Gasteiger partial charge is 0.343 e. The van der Waals surface area contributed by atoms with E-state index in [1.54, 1.807) is 31.4 Å². The van der Waals surface area contributed by atoms with Gasteiger partial charge in [0.15, 0.2) is 11.6 Å². The van der Waals surface area contributed by atoms with Crippen molar-refractivity contribution in [1.29, 1.82) is 0 Å². The number of rotatable bonds is 7. The number of halogens is 1. The highest BCUT2D eigenvalue weighted by Gasteiger charge is 2.39. The monoisotopic (exact) mass is 561 g/mol. The van der Waals surface area contributed by atoms with E-state index >= 15 is 0 Å². The lowest BCUT2D eigenvalue weighted by Gasteiger charge is -2.21. The van der Waals surface area contributed by atoms with Crippen LogP contribution in [0.15, 0.2) is 54.6 Å². The third-order valence-corrected chi connectivity index (χ3v) is 6.67. The number of carbonyl (C=O) groups is 3. The Morgan fingerprint density at radius 1 is 1.05 bits per heavy atom. The van der Waals surface area contributed by atoms with E-state index in [9.17, 15) is 14.4 Å². The molecular weight excluding hydrogens is 530 g/mol. The zero-order valence-electron chi connectivity index (χ0n) is 23.4. The molecule has 1 amide bonds. The van der Waals surface area contributed by atoms with Crippen LogP contribution >= 0.6 is 11.6 Å². The SMILES string of the molecule is COc1ccc(C(=O)OC2=C(c3c(C)cc(-c4ncc(Cl)cn4)cc3C)C(=O)C(CC(=O)NC(C)(C)C)C2)cc1. The van der Waals surface area contributed by atoms with Crippen molar-refractivity contribution < 1.29 is 23.9 Å². The molecule has 9 heteroatoms. The number of ketones is 1. The number of aryl methyl sites for hydroxylation is 2. The van der Waals surface area contributed by atoms with E-state index in [1.807, 2.05) is 46.8 Å². The predicted molar refractivity (Wildman–Crippen MR) is 153 cm³/mol. The molecule has 1 heterocycles. The number of methoxy groups -OCH3 is 1. The fraction of sp³-hybridized carbons (Fsp3) is 0.323. The quantitative estimate of drug-likeness (QED) is 0.359. The summed E-state index contributed by atoms with van der Waals surface area (Å²) in [7, 11) is 1.54.